The molecule has 1 aromatic carbocycles. The number of alkyl halides is 3. The Bertz CT molecular complexity index is 1300. The lowest BCUT2D eigenvalue weighted by molar-refractivity contribution is -0.137. The molecule has 0 spiro atoms. The number of rotatable bonds is 4. The molecular weight excluding hydrogens is 467 g/mol. The normalized spacial score (nSPS) is 14.4. The zero-order valence-electron chi connectivity index (χ0n) is 17.7. The lowest BCUT2D eigenvalue weighted by atomic mass is 10.1. The molecule has 3 aromatic heterocycles. The van der Waals surface area contributed by atoms with E-state index < -0.39 is 11.7 Å². The number of pyridine rings is 1. The Balaban J connectivity index is 1.20. The second kappa shape index (κ2) is 8.90. The van der Waals surface area contributed by atoms with Crippen molar-refractivity contribution >= 4 is 33.3 Å². The fraction of sp³-hybridized carbons (Fsp3) is 0.217. The molecule has 34 heavy (non-hydrogen) atoms. The van der Waals surface area contributed by atoms with E-state index >= 15 is 0 Å². The number of benzene rings is 1. The molecule has 1 aliphatic heterocycles. The van der Waals surface area contributed by atoms with Gasteiger partial charge in [0.2, 0.25) is 5.88 Å². The minimum Gasteiger partial charge on any atom is -0.439 e. The molecule has 5 rings (SSSR count). The number of hydrogen-bond donors (Lipinski definition) is 0. The summed E-state index contributed by atoms with van der Waals surface area (Å²) in [7, 11) is 0. The van der Waals surface area contributed by atoms with Crippen LogP contribution in [0.25, 0.3) is 10.2 Å². The first-order valence-corrected chi connectivity index (χ1v) is 11.3. The molecule has 1 fully saturated rings. The van der Waals surface area contributed by atoms with Gasteiger partial charge in [0.15, 0.2) is 0 Å². The maximum absolute atomic E-state index is 12.9. The summed E-state index contributed by atoms with van der Waals surface area (Å²) in [5, 5.41) is 3.01. The van der Waals surface area contributed by atoms with Crippen molar-refractivity contribution < 1.29 is 22.7 Å². The summed E-state index contributed by atoms with van der Waals surface area (Å²) in [6, 6.07) is 10.5. The largest absolute Gasteiger partial charge is 0.439 e. The van der Waals surface area contributed by atoms with Crippen molar-refractivity contribution in [2.75, 3.05) is 31.1 Å². The molecule has 0 N–H and O–H groups in total. The van der Waals surface area contributed by atoms with E-state index in [9.17, 15) is 18.0 Å². The third kappa shape index (κ3) is 4.51. The number of piperazine rings is 1. The van der Waals surface area contributed by atoms with Gasteiger partial charge in [0.1, 0.15) is 22.7 Å². The summed E-state index contributed by atoms with van der Waals surface area (Å²) < 4.78 is 43.5. The SMILES string of the molecule is O=C(c1ccc(Oc2ccc(C(F)(F)F)cn2)cc1)N1CCN(c2ncnc3sccc23)CC1. The number of carbonyl (C=O) groups is 1. The maximum Gasteiger partial charge on any atom is 0.417 e. The van der Waals surface area contributed by atoms with Crippen molar-refractivity contribution in [3.05, 3.63) is 71.5 Å². The summed E-state index contributed by atoms with van der Waals surface area (Å²) in [6.45, 7) is 2.44. The average molecular weight is 485 g/mol. The van der Waals surface area contributed by atoms with Gasteiger partial charge in [0.25, 0.3) is 5.91 Å². The molecular formula is C23H18F3N5O2S. The molecule has 1 aliphatic rings. The first-order valence-electron chi connectivity index (χ1n) is 10.4. The summed E-state index contributed by atoms with van der Waals surface area (Å²) in [5.74, 6) is 1.20. The van der Waals surface area contributed by atoms with Gasteiger partial charge >= 0.3 is 6.18 Å². The van der Waals surface area contributed by atoms with Crippen LogP contribution >= 0.6 is 11.3 Å². The molecule has 174 valence electrons. The molecule has 0 atom stereocenters. The van der Waals surface area contributed by atoms with Crippen LogP contribution in [0.1, 0.15) is 15.9 Å². The third-order valence-corrected chi connectivity index (χ3v) is 6.32. The molecule has 4 heterocycles. The summed E-state index contributed by atoms with van der Waals surface area (Å²) >= 11 is 1.57. The monoisotopic (exact) mass is 485 g/mol. The Morgan fingerprint density at radius 1 is 0.941 bits per heavy atom. The van der Waals surface area contributed by atoms with E-state index in [4.69, 9.17) is 4.74 Å². The van der Waals surface area contributed by atoms with Gasteiger partial charge in [0, 0.05) is 44.0 Å². The lowest BCUT2D eigenvalue weighted by Gasteiger charge is -2.35. The number of amides is 1. The van der Waals surface area contributed by atoms with E-state index in [1.165, 1.54) is 0 Å². The third-order valence-electron chi connectivity index (χ3n) is 5.49. The van der Waals surface area contributed by atoms with Crippen LogP contribution in [0.4, 0.5) is 19.0 Å². The maximum atomic E-state index is 12.9. The van der Waals surface area contributed by atoms with Gasteiger partial charge in [0.05, 0.1) is 10.9 Å². The number of anilines is 1. The van der Waals surface area contributed by atoms with Crippen LogP contribution in [0.2, 0.25) is 0 Å². The Morgan fingerprint density at radius 2 is 1.71 bits per heavy atom. The van der Waals surface area contributed by atoms with E-state index in [-0.39, 0.29) is 11.8 Å². The van der Waals surface area contributed by atoms with Gasteiger partial charge in [-0.3, -0.25) is 4.79 Å². The van der Waals surface area contributed by atoms with Crippen molar-refractivity contribution in [2.24, 2.45) is 0 Å². The van der Waals surface area contributed by atoms with Crippen molar-refractivity contribution in [3.8, 4) is 11.6 Å². The van der Waals surface area contributed by atoms with Gasteiger partial charge in [-0.25, -0.2) is 15.0 Å². The topological polar surface area (TPSA) is 71.5 Å². The van der Waals surface area contributed by atoms with Gasteiger partial charge < -0.3 is 14.5 Å². The van der Waals surface area contributed by atoms with Crippen LogP contribution < -0.4 is 9.64 Å². The van der Waals surface area contributed by atoms with Crippen molar-refractivity contribution in [2.45, 2.75) is 6.18 Å². The second-order valence-electron chi connectivity index (χ2n) is 7.63. The van der Waals surface area contributed by atoms with Crippen molar-refractivity contribution in [1.29, 1.82) is 0 Å². The molecule has 0 radical (unpaired) electrons. The Hall–Kier alpha value is -3.73. The summed E-state index contributed by atoms with van der Waals surface area (Å²) in [4.78, 5) is 30.2. The highest BCUT2D eigenvalue weighted by Crippen LogP contribution is 2.30. The Kier molecular flexibility index (Phi) is 5.78. The average Bonchev–Trinajstić information content (AvgIpc) is 3.33. The zero-order chi connectivity index (χ0) is 23.7. The fourth-order valence-electron chi connectivity index (χ4n) is 3.73. The minimum atomic E-state index is -4.45. The lowest BCUT2D eigenvalue weighted by Crippen LogP contribution is -2.49. The molecule has 7 nitrogen and oxygen atoms in total. The van der Waals surface area contributed by atoms with Crippen LogP contribution in [0.5, 0.6) is 11.6 Å². The predicted molar refractivity (Wildman–Crippen MR) is 121 cm³/mol. The highest BCUT2D eigenvalue weighted by Gasteiger charge is 2.30. The number of thiophene rings is 1. The van der Waals surface area contributed by atoms with Crippen molar-refractivity contribution in [1.82, 2.24) is 19.9 Å². The smallest absolute Gasteiger partial charge is 0.417 e. The molecule has 0 saturated carbocycles. The molecule has 1 saturated heterocycles. The van der Waals surface area contributed by atoms with Crippen LogP contribution in [-0.4, -0.2) is 51.9 Å². The quantitative estimate of drug-likeness (QED) is 0.411. The zero-order valence-corrected chi connectivity index (χ0v) is 18.5. The molecule has 0 aliphatic carbocycles. The standard InChI is InChI=1S/C23H18F3N5O2S/c24-23(25,26)16-3-6-19(27-13-16)33-17-4-1-15(2-5-17)22(32)31-10-8-30(9-11-31)20-18-7-12-34-21(18)29-14-28-20/h1-7,12-14H,8-11H2. The van der Waals surface area contributed by atoms with Gasteiger partial charge in [-0.2, -0.15) is 13.2 Å². The van der Waals surface area contributed by atoms with E-state index in [2.05, 4.69) is 19.9 Å². The summed E-state index contributed by atoms with van der Waals surface area (Å²) in [5.41, 5.74) is -0.344. The molecule has 1 amide bonds. The first kappa shape index (κ1) is 22.1. The minimum absolute atomic E-state index is 0.0349. The predicted octanol–water partition coefficient (Wildman–Crippen LogP) is 4.86. The second-order valence-corrected chi connectivity index (χ2v) is 8.52. The van der Waals surface area contributed by atoms with E-state index in [1.807, 2.05) is 11.4 Å². The first-order chi connectivity index (χ1) is 16.4. The Labute approximate surface area is 196 Å². The number of fused-ring (bicyclic) bond motifs is 1. The number of halogens is 3. The van der Waals surface area contributed by atoms with E-state index in [0.29, 0.717) is 37.5 Å². The van der Waals surface area contributed by atoms with Crippen LogP contribution in [0.3, 0.4) is 0 Å². The van der Waals surface area contributed by atoms with Gasteiger partial charge in [-0.1, -0.05) is 0 Å². The highest BCUT2D eigenvalue weighted by molar-refractivity contribution is 7.16. The van der Waals surface area contributed by atoms with Crippen molar-refractivity contribution in [3.63, 3.8) is 0 Å². The Morgan fingerprint density at radius 3 is 2.38 bits per heavy atom. The number of nitrogens with zero attached hydrogens (tertiary/aromatic N) is 5. The van der Waals surface area contributed by atoms with Gasteiger partial charge in [-0.15, -0.1) is 11.3 Å². The molecule has 0 bridgehead atoms. The number of aromatic nitrogens is 3. The van der Waals surface area contributed by atoms with Crippen LogP contribution in [-0.2, 0) is 6.18 Å². The number of hydrogen-bond acceptors (Lipinski definition) is 7. The molecule has 11 heteroatoms. The van der Waals surface area contributed by atoms with Crippen LogP contribution in [0, 0.1) is 0 Å². The van der Waals surface area contributed by atoms with E-state index in [0.717, 1.165) is 34.4 Å². The van der Waals surface area contributed by atoms with Crippen LogP contribution in [0.15, 0.2) is 60.4 Å². The summed E-state index contributed by atoms with van der Waals surface area (Å²) in [6.07, 6.45) is -2.17. The number of ether oxygens (including phenoxy) is 1. The highest BCUT2D eigenvalue weighted by atomic mass is 32.1. The van der Waals surface area contributed by atoms with Gasteiger partial charge in [-0.05, 0) is 41.8 Å². The van der Waals surface area contributed by atoms with E-state index in [1.54, 1.807) is 46.8 Å². The molecule has 0 unspecified atom stereocenters. The molecule has 4 aromatic rings. The fourth-order valence-corrected chi connectivity index (χ4v) is 4.45. The number of carbonyl (C=O) groups excluding carboxylic acids is 1.